The van der Waals surface area contributed by atoms with Gasteiger partial charge in [-0.2, -0.15) is 0 Å². The number of nitrogens with two attached hydrogens (primary N) is 1. The molecule has 2 N–H and O–H groups in total. The lowest BCUT2D eigenvalue weighted by atomic mass is 9.70. The lowest BCUT2D eigenvalue weighted by Gasteiger charge is -2.43. The van der Waals surface area contributed by atoms with Crippen LogP contribution in [0.25, 0.3) is 0 Å². The van der Waals surface area contributed by atoms with Crippen LogP contribution in [0, 0.1) is 0 Å². The molecule has 1 aliphatic carbocycles. The van der Waals surface area contributed by atoms with Crippen LogP contribution >= 0.6 is 11.6 Å². The topological polar surface area (TPSA) is 38.5 Å². The Morgan fingerprint density at radius 3 is 2.33 bits per heavy atom. The van der Waals surface area contributed by atoms with Crippen molar-refractivity contribution in [2.24, 2.45) is 5.73 Å². The summed E-state index contributed by atoms with van der Waals surface area (Å²) in [6, 6.07) is 16.6. The molecular weight excluding hydrogens is 392 g/mol. The van der Waals surface area contributed by atoms with E-state index in [-0.39, 0.29) is 5.54 Å². The van der Waals surface area contributed by atoms with E-state index in [1.165, 1.54) is 57.2 Å². The normalized spacial score (nSPS) is 20.6. The van der Waals surface area contributed by atoms with E-state index < -0.39 is 0 Å². The van der Waals surface area contributed by atoms with Gasteiger partial charge in [0.2, 0.25) is 0 Å². The van der Waals surface area contributed by atoms with Crippen molar-refractivity contribution in [2.75, 3.05) is 19.6 Å². The Kier molecular flexibility index (Phi) is 7.35. The van der Waals surface area contributed by atoms with Crippen LogP contribution in [0.1, 0.15) is 68.4 Å². The largest absolute Gasteiger partial charge is 0.487 e. The third-order valence-corrected chi connectivity index (χ3v) is 7.26. The SMILES string of the molecule is NC1(C(CN2CCCCC2)c2ccc(OCc3ccccc3)c(Cl)c2)CCCCC1. The zero-order valence-electron chi connectivity index (χ0n) is 18.0. The van der Waals surface area contributed by atoms with E-state index in [9.17, 15) is 0 Å². The fraction of sp³-hybridized carbons (Fsp3) is 0.538. The molecule has 0 amide bonds. The van der Waals surface area contributed by atoms with Crippen molar-refractivity contribution in [3.63, 3.8) is 0 Å². The number of benzene rings is 2. The molecule has 1 saturated heterocycles. The van der Waals surface area contributed by atoms with Crippen molar-refractivity contribution in [3.8, 4) is 5.75 Å². The summed E-state index contributed by atoms with van der Waals surface area (Å²) in [4.78, 5) is 2.62. The Labute approximate surface area is 186 Å². The first-order valence-corrected chi connectivity index (χ1v) is 12.0. The monoisotopic (exact) mass is 426 g/mol. The van der Waals surface area contributed by atoms with E-state index in [2.05, 4.69) is 29.2 Å². The number of nitrogens with zero attached hydrogens (tertiary/aromatic N) is 1. The number of likely N-dealkylation sites (tertiary alicyclic amines) is 1. The molecule has 1 unspecified atom stereocenters. The summed E-state index contributed by atoms with van der Waals surface area (Å²) in [6.45, 7) is 3.95. The highest BCUT2D eigenvalue weighted by Crippen LogP contribution is 2.41. The van der Waals surface area contributed by atoms with Crippen molar-refractivity contribution in [3.05, 3.63) is 64.7 Å². The second kappa shape index (κ2) is 10.2. The Hall–Kier alpha value is -1.55. The number of halogens is 1. The van der Waals surface area contributed by atoms with Crippen LogP contribution < -0.4 is 10.5 Å². The molecule has 2 aromatic rings. The minimum atomic E-state index is -0.133. The van der Waals surface area contributed by atoms with Crippen LogP contribution in [0.5, 0.6) is 5.75 Å². The molecule has 30 heavy (non-hydrogen) atoms. The van der Waals surface area contributed by atoms with Gasteiger partial charge in [0.25, 0.3) is 0 Å². The van der Waals surface area contributed by atoms with Gasteiger partial charge < -0.3 is 15.4 Å². The van der Waals surface area contributed by atoms with Gasteiger partial charge in [0.1, 0.15) is 12.4 Å². The van der Waals surface area contributed by atoms with E-state index in [4.69, 9.17) is 22.1 Å². The Morgan fingerprint density at radius 1 is 0.933 bits per heavy atom. The zero-order valence-corrected chi connectivity index (χ0v) is 18.7. The summed E-state index contributed by atoms with van der Waals surface area (Å²) in [5.41, 5.74) is 9.35. The molecule has 3 nitrogen and oxygen atoms in total. The van der Waals surface area contributed by atoms with Crippen molar-refractivity contribution in [1.82, 2.24) is 4.90 Å². The highest BCUT2D eigenvalue weighted by Gasteiger charge is 2.38. The van der Waals surface area contributed by atoms with E-state index in [1.54, 1.807) is 0 Å². The molecular formula is C26H35ClN2O. The van der Waals surface area contributed by atoms with Gasteiger partial charge >= 0.3 is 0 Å². The molecule has 4 rings (SSSR count). The van der Waals surface area contributed by atoms with Gasteiger partial charge in [-0.25, -0.2) is 0 Å². The molecule has 0 bridgehead atoms. The highest BCUT2D eigenvalue weighted by atomic mass is 35.5. The molecule has 4 heteroatoms. The summed E-state index contributed by atoms with van der Waals surface area (Å²) in [6.07, 6.45) is 9.95. The quantitative estimate of drug-likeness (QED) is 0.576. The molecule has 1 atom stereocenters. The Morgan fingerprint density at radius 2 is 1.63 bits per heavy atom. The van der Waals surface area contributed by atoms with Crippen LogP contribution in [0.3, 0.4) is 0 Å². The minimum Gasteiger partial charge on any atom is -0.487 e. The summed E-state index contributed by atoms with van der Waals surface area (Å²) in [7, 11) is 0. The summed E-state index contributed by atoms with van der Waals surface area (Å²) >= 11 is 6.69. The number of ether oxygens (including phenoxy) is 1. The smallest absolute Gasteiger partial charge is 0.138 e. The van der Waals surface area contributed by atoms with E-state index in [0.29, 0.717) is 17.5 Å². The highest BCUT2D eigenvalue weighted by molar-refractivity contribution is 6.32. The summed E-state index contributed by atoms with van der Waals surface area (Å²) in [5.74, 6) is 1.06. The van der Waals surface area contributed by atoms with Crippen LogP contribution in [-0.2, 0) is 6.61 Å². The van der Waals surface area contributed by atoms with Gasteiger partial charge in [-0.1, -0.05) is 73.7 Å². The molecule has 1 saturated carbocycles. The summed E-state index contributed by atoms with van der Waals surface area (Å²) in [5, 5.41) is 0.687. The van der Waals surface area contributed by atoms with Crippen LogP contribution in [0.2, 0.25) is 5.02 Å². The average molecular weight is 427 g/mol. The molecule has 162 valence electrons. The second-order valence-electron chi connectivity index (χ2n) is 9.17. The van der Waals surface area contributed by atoms with Gasteiger partial charge in [-0.15, -0.1) is 0 Å². The average Bonchev–Trinajstić information content (AvgIpc) is 2.78. The molecule has 2 aromatic carbocycles. The maximum Gasteiger partial charge on any atom is 0.138 e. The van der Waals surface area contributed by atoms with Crippen molar-refractivity contribution in [2.45, 2.75) is 69.4 Å². The predicted molar refractivity (Wildman–Crippen MR) is 125 cm³/mol. The lowest BCUT2D eigenvalue weighted by Crippen LogP contribution is -2.51. The molecule has 0 spiro atoms. The van der Waals surface area contributed by atoms with Crippen molar-refractivity contribution in [1.29, 1.82) is 0 Å². The van der Waals surface area contributed by atoms with Crippen LogP contribution in [0.4, 0.5) is 0 Å². The van der Waals surface area contributed by atoms with E-state index in [1.807, 2.05) is 24.3 Å². The number of piperidine rings is 1. The molecule has 1 heterocycles. The first-order valence-electron chi connectivity index (χ1n) is 11.6. The maximum absolute atomic E-state index is 7.07. The molecule has 2 aliphatic rings. The van der Waals surface area contributed by atoms with Gasteiger partial charge in [0, 0.05) is 18.0 Å². The first kappa shape index (κ1) is 21.7. The van der Waals surface area contributed by atoms with Gasteiger partial charge in [0.05, 0.1) is 5.02 Å². The summed E-state index contributed by atoms with van der Waals surface area (Å²) < 4.78 is 6.00. The maximum atomic E-state index is 7.07. The van der Waals surface area contributed by atoms with Gasteiger partial charge in [-0.05, 0) is 62.0 Å². The number of rotatable bonds is 7. The molecule has 0 aromatic heterocycles. The lowest BCUT2D eigenvalue weighted by molar-refractivity contribution is 0.160. The standard InChI is InChI=1S/C26H35ClN2O/c27-24-18-22(12-13-25(24)30-20-21-10-4-1-5-11-21)23(19-29-16-8-3-9-17-29)26(28)14-6-2-7-15-26/h1,4-5,10-13,18,23H,2-3,6-9,14-17,19-20,28H2. The van der Waals surface area contributed by atoms with Crippen LogP contribution in [-0.4, -0.2) is 30.1 Å². The predicted octanol–water partition coefficient (Wildman–Crippen LogP) is 6.15. The molecule has 1 aliphatic heterocycles. The van der Waals surface area contributed by atoms with Gasteiger partial charge in [-0.3, -0.25) is 0 Å². The zero-order chi connectivity index (χ0) is 20.8. The fourth-order valence-electron chi connectivity index (χ4n) is 5.16. The van der Waals surface area contributed by atoms with E-state index in [0.717, 1.165) is 30.7 Å². The first-order chi connectivity index (χ1) is 14.6. The Bertz CT molecular complexity index is 798. The van der Waals surface area contributed by atoms with Gasteiger partial charge in [0.15, 0.2) is 0 Å². The Balaban J connectivity index is 1.52. The third-order valence-electron chi connectivity index (χ3n) is 6.96. The van der Waals surface area contributed by atoms with Crippen molar-refractivity contribution < 1.29 is 4.74 Å². The third kappa shape index (κ3) is 5.38. The number of hydrogen-bond donors (Lipinski definition) is 1. The number of hydrogen-bond acceptors (Lipinski definition) is 3. The molecule has 0 radical (unpaired) electrons. The fourth-order valence-corrected chi connectivity index (χ4v) is 5.41. The van der Waals surface area contributed by atoms with E-state index >= 15 is 0 Å². The molecule has 2 fully saturated rings. The second-order valence-corrected chi connectivity index (χ2v) is 9.58. The van der Waals surface area contributed by atoms with Crippen molar-refractivity contribution >= 4 is 11.6 Å². The van der Waals surface area contributed by atoms with Crippen LogP contribution in [0.15, 0.2) is 48.5 Å². The minimum absolute atomic E-state index is 0.133.